The number of β-lactam (4-membered cyclic amide) rings is 1. The van der Waals surface area contributed by atoms with E-state index in [4.69, 9.17) is 14.2 Å². The first-order valence-electron chi connectivity index (χ1n) is 11.2. The summed E-state index contributed by atoms with van der Waals surface area (Å²) in [5.41, 5.74) is 0.802. The molecular weight excluding hydrogens is 552 g/mol. The molecule has 9 nitrogen and oxygen atoms in total. The van der Waals surface area contributed by atoms with E-state index in [1.165, 1.54) is 23.6 Å². The number of amides is 2. The van der Waals surface area contributed by atoms with Crippen molar-refractivity contribution < 1.29 is 33.4 Å². The Hall–Kier alpha value is -3.05. The molecule has 1 unspecified atom stereocenters. The summed E-state index contributed by atoms with van der Waals surface area (Å²) < 4.78 is 15.3. The van der Waals surface area contributed by atoms with Crippen molar-refractivity contribution in [3.8, 4) is 5.75 Å². The van der Waals surface area contributed by atoms with Crippen molar-refractivity contribution in [1.82, 2.24) is 10.2 Å². The molecule has 0 aliphatic carbocycles. The molecule has 2 aromatic rings. The van der Waals surface area contributed by atoms with E-state index in [9.17, 15) is 19.2 Å². The van der Waals surface area contributed by atoms with Gasteiger partial charge in [-0.25, -0.2) is 4.79 Å². The Morgan fingerprint density at radius 1 is 1.06 bits per heavy atom. The first-order chi connectivity index (χ1) is 17.3. The Morgan fingerprint density at radius 3 is 2.36 bits per heavy atom. The number of carbonyl (C=O) groups excluding carboxylic acids is 4. The maximum absolute atomic E-state index is 13.3. The fourth-order valence-electron chi connectivity index (χ4n) is 4.07. The molecule has 0 bridgehead atoms. The van der Waals surface area contributed by atoms with Crippen LogP contribution in [0.1, 0.15) is 12.5 Å². The van der Waals surface area contributed by atoms with Crippen LogP contribution in [0.4, 0.5) is 0 Å². The van der Waals surface area contributed by atoms with Gasteiger partial charge in [0.2, 0.25) is 5.91 Å². The van der Waals surface area contributed by atoms with Gasteiger partial charge in [-0.15, -0.1) is 11.8 Å². The van der Waals surface area contributed by atoms with Crippen LogP contribution >= 0.6 is 27.7 Å². The molecule has 0 radical (unpaired) electrons. The summed E-state index contributed by atoms with van der Waals surface area (Å²) in [7, 11) is 0. The third kappa shape index (κ3) is 5.52. The molecule has 2 aliphatic heterocycles. The van der Waals surface area contributed by atoms with E-state index in [0.29, 0.717) is 5.75 Å². The van der Waals surface area contributed by atoms with E-state index in [-0.39, 0.29) is 25.2 Å². The summed E-state index contributed by atoms with van der Waals surface area (Å²) in [6.07, 6.45) is 0. The maximum atomic E-state index is 13.3. The molecule has 0 spiro atoms. The number of ether oxygens (including phenoxy) is 3. The van der Waals surface area contributed by atoms with Gasteiger partial charge in [-0.3, -0.25) is 14.4 Å². The molecule has 2 heterocycles. The normalized spacial score (nSPS) is 24.3. The number of halogens is 1. The standard InChI is InChI=1S/C25H25BrN2O7S/c1-16(29)35-15-25(14-26)21(24(32)34-12-17-8-4-2-5-9-17)28-22(31)20(23(28)36-25)27-19(30)13-33-18-10-6-3-7-11-18/h2-11,20-21,23H,12-15H2,1H3,(H,27,30)/t20?,21-,23+,25+/m0/s1. The minimum Gasteiger partial charge on any atom is -0.484 e. The lowest BCUT2D eigenvalue weighted by Crippen LogP contribution is -2.71. The highest BCUT2D eigenvalue weighted by Gasteiger charge is 2.67. The third-order valence-corrected chi connectivity index (χ3v) is 8.90. The second-order valence-corrected chi connectivity index (χ2v) is 10.5. The smallest absolute Gasteiger partial charge is 0.330 e. The number of nitrogens with zero attached hydrogens (tertiary/aromatic N) is 1. The number of hydrogen-bond donors (Lipinski definition) is 1. The predicted molar refractivity (Wildman–Crippen MR) is 135 cm³/mol. The van der Waals surface area contributed by atoms with Crippen molar-refractivity contribution in [2.75, 3.05) is 18.5 Å². The third-order valence-electron chi connectivity index (χ3n) is 5.83. The second-order valence-electron chi connectivity index (χ2n) is 8.38. The summed E-state index contributed by atoms with van der Waals surface area (Å²) in [5.74, 6) is -1.45. The second kappa shape index (κ2) is 11.3. The molecule has 2 aromatic carbocycles. The number of carbonyl (C=O) groups is 4. The summed E-state index contributed by atoms with van der Waals surface area (Å²) in [6.45, 7) is 0.947. The Morgan fingerprint density at radius 2 is 1.72 bits per heavy atom. The summed E-state index contributed by atoms with van der Waals surface area (Å²) in [4.78, 5) is 51.8. The number of rotatable bonds is 10. The molecular formula is C25H25BrN2O7S. The number of para-hydroxylation sites is 1. The van der Waals surface area contributed by atoms with Crippen LogP contribution in [0.25, 0.3) is 0 Å². The van der Waals surface area contributed by atoms with Gasteiger partial charge in [-0.05, 0) is 17.7 Å². The van der Waals surface area contributed by atoms with Crippen LogP contribution < -0.4 is 10.1 Å². The van der Waals surface area contributed by atoms with Gasteiger partial charge < -0.3 is 24.4 Å². The number of esters is 2. The van der Waals surface area contributed by atoms with E-state index in [1.807, 2.05) is 36.4 Å². The lowest BCUT2D eigenvalue weighted by molar-refractivity contribution is -0.166. The molecule has 1 N–H and O–H groups in total. The molecule has 190 valence electrons. The molecule has 4 rings (SSSR count). The molecule has 11 heteroatoms. The van der Waals surface area contributed by atoms with Gasteiger partial charge in [0, 0.05) is 12.3 Å². The van der Waals surface area contributed by atoms with Crippen molar-refractivity contribution in [3.05, 3.63) is 66.2 Å². The lowest BCUT2D eigenvalue weighted by Gasteiger charge is -2.44. The van der Waals surface area contributed by atoms with Crippen LogP contribution in [0.3, 0.4) is 0 Å². The van der Waals surface area contributed by atoms with Gasteiger partial charge in [0.1, 0.15) is 36.4 Å². The average Bonchev–Trinajstić information content (AvgIpc) is 3.21. The molecule has 36 heavy (non-hydrogen) atoms. The summed E-state index contributed by atoms with van der Waals surface area (Å²) >= 11 is 4.75. The Bertz CT molecular complexity index is 1120. The first-order valence-corrected chi connectivity index (χ1v) is 13.2. The summed E-state index contributed by atoms with van der Waals surface area (Å²) in [5, 5.41) is 2.42. The maximum Gasteiger partial charge on any atom is 0.330 e. The van der Waals surface area contributed by atoms with E-state index >= 15 is 0 Å². The molecule has 2 fully saturated rings. The van der Waals surface area contributed by atoms with Gasteiger partial charge in [-0.1, -0.05) is 64.5 Å². The van der Waals surface area contributed by atoms with Crippen LogP contribution in [-0.2, 0) is 35.3 Å². The highest BCUT2D eigenvalue weighted by atomic mass is 79.9. The lowest BCUT2D eigenvalue weighted by atomic mass is 9.95. The number of thioether (sulfide) groups is 1. The van der Waals surface area contributed by atoms with Crippen LogP contribution in [0.5, 0.6) is 5.75 Å². The van der Waals surface area contributed by atoms with Gasteiger partial charge in [0.15, 0.2) is 6.61 Å². The monoisotopic (exact) mass is 576 g/mol. The van der Waals surface area contributed by atoms with Gasteiger partial charge >= 0.3 is 11.9 Å². The SMILES string of the molecule is CC(=O)OC[C@@]1(CBr)S[C@@H]2C(NC(=O)COc3ccccc3)C(=O)N2[C@H]1C(=O)OCc1ccccc1. The van der Waals surface area contributed by atoms with Gasteiger partial charge in [0.05, 0.1) is 4.75 Å². The van der Waals surface area contributed by atoms with Crippen molar-refractivity contribution in [2.24, 2.45) is 0 Å². The Balaban J connectivity index is 1.46. The van der Waals surface area contributed by atoms with Crippen molar-refractivity contribution >= 4 is 51.4 Å². The number of nitrogens with one attached hydrogen (secondary N) is 1. The zero-order valence-corrected chi connectivity index (χ0v) is 21.8. The first kappa shape index (κ1) is 26.0. The average molecular weight is 577 g/mol. The minimum absolute atomic E-state index is 0.0382. The van der Waals surface area contributed by atoms with Gasteiger partial charge in [0.25, 0.3) is 5.91 Å². The molecule has 2 saturated heterocycles. The topological polar surface area (TPSA) is 111 Å². The summed E-state index contributed by atoms with van der Waals surface area (Å²) in [6, 6.07) is 16.2. The number of fused-ring (bicyclic) bond motifs is 1. The van der Waals surface area contributed by atoms with Crippen LogP contribution in [0, 0.1) is 0 Å². The zero-order valence-electron chi connectivity index (χ0n) is 19.4. The number of benzene rings is 2. The van der Waals surface area contributed by atoms with Crippen molar-refractivity contribution in [2.45, 2.75) is 35.7 Å². The van der Waals surface area contributed by atoms with Crippen LogP contribution in [-0.4, -0.2) is 69.4 Å². The highest BCUT2D eigenvalue weighted by Crippen LogP contribution is 2.52. The Labute approximate surface area is 221 Å². The number of alkyl halides is 1. The number of hydrogen-bond acceptors (Lipinski definition) is 8. The quantitative estimate of drug-likeness (QED) is 0.260. The molecule has 0 aromatic heterocycles. The van der Waals surface area contributed by atoms with E-state index < -0.39 is 46.0 Å². The van der Waals surface area contributed by atoms with Crippen molar-refractivity contribution in [3.63, 3.8) is 0 Å². The minimum atomic E-state index is -1.00. The van der Waals surface area contributed by atoms with Gasteiger partial charge in [-0.2, -0.15) is 0 Å². The highest BCUT2D eigenvalue weighted by molar-refractivity contribution is 9.09. The van der Waals surface area contributed by atoms with E-state index in [1.54, 1.807) is 24.3 Å². The zero-order chi connectivity index (χ0) is 25.7. The van der Waals surface area contributed by atoms with E-state index in [2.05, 4.69) is 21.2 Å². The fraction of sp³-hybridized carbons (Fsp3) is 0.360. The molecule has 2 amide bonds. The fourth-order valence-corrected chi connectivity index (χ4v) is 6.61. The molecule has 2 aliphatic rings. The van der Waals surface area contributed by atoms with E-state index in [0.717, 1.165) is 5.56 Å². The Kier molecular flexibility index (Phi) is 8.20. The predicted octanol–water partition coefficient (Wildman–Crippen LogP) is 2.27. The largest absolute Gasteiger partial charge is 0.484 e. The van der Waals surface area contributed by atoms with Crippen molar-refractivity contribution in [1.29, 1.82) is 0 Å². The molecule has 0 saturated carbocycles. The van der Waals surface area contributed by atoms with Crippen LogP contribution in [0.2, 0.25) is 0 Å². The molecule has 4 atom stereocenters. The van der Waals surface area contributed by atoms with Crippen LogP contribution in [0.15, 0.2) is 60.7 Å².